The van der Waals surface area contributed by atoms with E-state index in [9.17, 15) is 5.11 Å². The monoisotopic (exact) mass is 279 g/mol. The SMILES string of the molecule is Cc1nc(Cc2noc(C3CCC(O)CC3)n2)cs1. The molecule has 0 atom stereocenters. The third-order valence-corrected chi connectivity index (χ3v) is 4.36. The van der Waals surface area contributed by atoms with Gasteiger partial charge < -0.3 is 9.63 Å². The van der Waals surface area contributed by atoms with E-state index < -0.39 is 0 Å². The first kappa shape index (κ1) is 12.7. The van der Waals surface area contributed by atoms with Crippen molar-refractivity contribution in [3.8, 4) is 0 Å². The molecule has 1 N–H and O–H groups in total. The van der Waals surface area contributed by atoms with Gasteiger partial charge in [-0.3, -0.25) is 0 Å². The fourth-order valence-electron chi connectivity index (χ4n) is 2.48. The number of nitrogens with zero attached hydrogens (tertiary/aromatic N) is 3. The Labute approximate surface area is 115 Å². The smallest absolute Gasteiger partial charge is 0.229 e. The van der Waals surface area contributed by atoms with Crippen molar-refractivity contribution in [1.29, 1.82) is 0 Å². The van der Waals surface area contributed by atoms with Gasteiger partial charge in [-0.25, -0.2) is 4.98 Å². The van der Waals surface area contributed by atoms with Gasteiger partial charge >= 0.3 is 0 Å². The molecule has 6 heteroatoms. The van der Waals surface area contributed by atoms with Crippen LogP contribution in [0.25, 0.3) is 0 Å². The summed E-state index contributed by atoms with van der Waals surface area (Å²) >= 11 is 1.63. The van der Waals surface area contributed by atoms with Crippen LogP contribution in [0.1, 0.15) is 54.0 Å². The van der Waals surface area contributed by atoms with Crippen molar-refractivity contribution < 1.29 is 9.63 Å². The summed E-state index contributed by atoms with van der Waals surface area (Å²) < 4.78 is 5.35. The molecule has 102 valence electrons. The zero-order chi connectivity index (χ0) is 13.2. The highest BCUT2D eigenvalue weighted by Gasteiger charge is 2.25. The van der Waals surface area contributed by atoms with Gasteiger partial charge in [-0.2, -0.15) is 4.98 Å². The highest BCUT2D eigenvalue weighted by molar-refractivity contribution is 7.09. The minimum absolute atomic E-state index is 0.156. The van der Waals surface area contributed by atoms with E-state index in [4.69, 9.17) is 4.52 Å². The van der Waals surface area contributed by atoms with Crippen LogP contribution < -0.4 is 0 Å². The molecule has 0 radical (unpaired) electrons. The molecule has 3 rings (SSSR count). The van der Waals surface area contributed by atoms with Gasteiger partial charge in [0.15, 0.2) is 5.82 Å². The van der Waals surface area contributed by atoms with Crippen LogP contribution in [0.2, 0.25) is 0 Å². The van der Waals surface area contributed by atoms with Crippen LogP contribution in [0.5, 0.6) is 0 Å². The molecule has 5 nitrogen and oxygen atoms in total. The molecule has 1 saturated carbocycles. The van der Waals surface area contributed by atoms with Gasteiger partial charge in [0.05, 0.1) is 23.2 Å². The van der Waals surface area contributed by atoms with Gasteiger partial charge in [-0.1, -0.05) is 5.16 Å². The van der Waals surface area contributed by atoms with Crippen molar-refractivity contribution in [3.63, 3.8) is 0 Å². The van der Waals surface area contributed by atoms with Crippen molar-refractivity contribution in [2.24, 2.45) is 0 Å². The van der Waals surface area contributed by atoms with Crippen LogP contribution >= 0.6 is 11.3 Å². The standard InChI is InChI=1S/C13H17N3O2S/c1-8-14-10(7-19-8)6-12-15-13(18-16-12)9-2-4-11(17)5-3-9/h7,9,11,17H,2-6H2,1H3. The molecule has 19 heavy (non-hydrogen) atoms. The van der Waals surface area contributed by atoms with Gasteiger partial charge in [0.2, 0.25) is 5.89 Å². The molecule has 0 spiro atoms. The van der Waals surface area contributed by atoms with Crippen LogP contribution in [0, 0.1) is 6.92 Å². The number of aromatic nitrogens is 3. The van der Waals surface area contributed by atoms with Gasteiger partial charge in [-0.15, -0.1) is 11.3 Å². The van der Waals surface area contributed by atoms with Gasteiger partial charge in [0, 0.05) is 11.3 Å². The molecule has 0 saturated heterocycles. The lowest BCUT2D eigenvalue weighted by Gasteiger charge is -2.22. The Hall–Kier alpha value is -1.27. The Morgan fingerprint density at radius 1 is 1.32 bits per heavy atom. The van der Waals surface area contributed by atoms with E-state index in [0.717, 1.165) is 36.4 Å². The van der Waals surface area contributed by atoms with Crippen molar-refractivity contribution in [2.45, 2.75) is 51.0 Å². The van der Waals surface area contributed by atoms with Crippen LogP contribution in [0.15, 0.2) is 9.90 Å². The molecule has 0 aromatic carbocycles. The van der Waals surface area contributed by atoms with E-state index in [1.54, 1.807) is 11.3 Å². The average molecular weight is 279 g/mol. The summed E-state index contributed by atoms with van der Waals surface area (Å²) in [4.78, 5) is 8.87. The van der Waals surface area contributed by atoms with E-state index in [2.05, 4.69) is 15.1 Å². The van der Waals surface area contributed by atoms with Gasteiger partial charge in [0.25, 0.3) is 0 Å². The van der Waals surface area contributed by atoms with Crippen molar-refractivity contribution in [3.05, 3.63) is 27.8 Å². The number of thiazole rings is 1. The maximum absolute atomic E-state index is 9.50. The number of rotatable bonds is 3. The Morgan fingerprint density at radius 3 is 2.79 bits per heavy atom. The number of aliphatic hydroxyl groups excluding tert-OH is 1. The highest BCUT2D eigenvalue weighted by atomic mass is 32.1. The fraction of sp³-hybridized carbons (Fsp3) is 0.615. The van der Waals surface area contributed by atoms with E-state index in [-0.39, 0.29) is 6.10 Å². The zero-order valence-corrected chi connectivity index (χ0v) is 11.7. The molecule has 2 aromatic heterocycles. The number of aryl methyl sites for hydroxylation is 1. The van der Waals surface area contributed by atoms with Crippen LogP contribution in [0.4, 0.5) is 0 Å². The second-order valence-corrected chi connectivity index (χ2v) is 6.15. The molecular formula is C13H17N3O2S. The Bertz CT molecular complexity index is 544. The third kappa shape index (κ3) is 3.01. The average Bonchev–Trinajstić information content (AvgIpc) is 3.00. The van der Waals surface area contributed by atoms with E-state index in [0.29, 0.717) is 24.1 Å². The second kappa shape index (κ2) is 5.38. The minimum atomic E-state index is -0.156. The summed E-state index contributed by atoms with van der Waals surface area (Å²) in [5.41, 5.74) is 0.994. The maximum atomic E-state index is 9.50. The molecule has 1 aliphatic rings. The second-order valence-electron chi connectivity index (χ2n) is 5.09. The summed E-state index contributed by atoms with van der Waals surface area (Å²) in [6, 6.07) is 0. The minimum Gasteiger partial charge on any atom is -0.393 e. The predicted octanol–water partition coefficient (Wildman–Crippen LogP) is 2.44. The van der Waals surface area contributed by atoms with Crippen LogP contribution in [-0.2, 0) is 6.42 Å². The quantitative estimate of drug-likeness (QED) is 0.934. The fourth-order valence-corrected chi connectivity index (χ4v) is 3.09. The van der Waals surface area contributed by atoms with Crippen LogP contribution in [0.3, 0.4) is 0 Å². The summed E-state index contributed by atoms with van der Waals surface area (Å²) in [6.07, 6.45) is 3.98. The van der Waals surface area contributed by atoms with E-state index >= 15 is 0 Å². The van der Waals surface area contributed by atoms with Crippen molar-refractivity contribution in [2.75, 3.05) is 0 Å². The zero-order valence-electron chi connectivity index (χ0n) is 10.9. The summed E-state index contributed by atoms with van der Waals surface area (Å²) in [7, 11) is 0. The van der Waals surface area contributed by atoms with Gasteiger partial charge in [0.1, 0.15) is 0 Å². The normalized spacial score (nSPS) is 23.7. The molecule has 2 heterocycles. The molecule has 1 fully saturated rings. The Balaban J connectivity index is 1.66. The molecule has 0 amide bonds. The van der Waals surface area contributed by atoms with Gasteiger partial charge in [-0.05, 0) is 32.6 Å². The van der Waals surface area contributed by atoms with E-state index in [1.807, 2.05) is 12.3 Å². The molecule has 0 bridgehead atoms. The first-order valence-corrected chi connectivity index (χ1v) is 7.50. The maximum Gasteiger partial charge on any atom is 0.229 e. The molecule has 1 aliphatic carbocycles. The number of aliphatic hydroxyl groups is 1. The lowest BCUT2D eigenvalue weighted by molar-refractivity contribution is 0.116. The highest BCUT2D eigenvalue weighted by Crippen LogP contribution is 2.31. The molecule has 0 unspecified atom stereocenters. The Morgan fingerprint density at radius 2 is 2.11 bits per heavy atom. The lowest BCUT2D eigenvalue weighted by atomic mass is 9.87. The molecule has 2 aromatic rings. The lowest BCUT2D eigenvalue weighted by Crippen LogP contribution is -2.17. The summed E-state index contributed by atoms with van der Waals surface area (Å²) in [5, 5.41) is 16.6. The first-order valence-electron chi connectivity index (χ1n) is 6.62. The topological polar surface area (TPSA) is 72.0 Å². The number of hydrogen-bond donors (Lipinski definition) is 1. The third-order valence-electron chi connectivity index (χ3n) is 3.54. The van der Waals surface area contributed by atoms with Crippen LogP contribution in [-0.4, -0.2) is 26.3 Å². The predicted molar refractivity (Wildman–Crippen MR) is 71.2 cm³/mol. The van der Waals surface area contributed by atoms with Crippen molar-refractivity contribution in [1.82, 2.24) is 15.1 Å². The Kier molecular flexibility index (Phi) is 3.61. The number of hydrogen-bond acceptors (Lipinski definition) is 6. The first-order chi connectivity index (χ1) is 9.20. The largest absolute Gasteiger partial charge is 0.393 e. The van der Waals surface area contributed by atoms with E-state index in [1.165, 1.54) is 0 Å². The molecular weight excluding hydrogens is 262 g/mol. The molecule has 0 aliphatic heterocycles. The summed E-state index contributed by atoms with van der Waals surface area (Å²) in [6.45, 7) is 1.99. The summed E-state index contributed by atoms with van der Waals surface area (Å²) in [5.74, 6) is 1.72. The van der Waals surface area contributed by atoms with Crippen molar-refractivity contribution >= 4 is 11.3 Å².